The Kier molecular flexibility index (Phi) is 4.08. The lowest BCUT2D eigenvalue weighted by Crippen LogP contribution is -2.47. The number of hydrogen-bond donors (Lipinski definition) is 3. The van der Waals surface area contributed by atoms with Crippen LogP contribution in [0.15, 0.2) is 35.2 Å². The van der Waals surface area contributed by atoms with Crippen LogP contribution in [0.5, 0.6) is 0 Å². The molecule has 0 unspecified atom stereocenters. The summed E-state index contributed by atoms with van der Waals surface area (Å²) in [6, 6.07) is 2.80. The number of furan rings is 1. The van der Waals surface area contributed by atoms with Crippen LogP contribution >= 0.6 is 0 Å². The van der Waals surface area contributed by atoms with Crippen LogP contribution in [0.3, 0.4) is 0 Å². The lowest BCUT2D eigenvalue weighted by atomic mass is 10.2. The number of aromatic nitrogens is 2. The quantitative estimate of drug-likeness (QED) is 0.792. The average Bonchev–Trinajstić information content (AvgIpc) is 3.25. The molecular weight excluding hydrogens is 286 g/mol. The van der Waals surface area contributed by atoms with E-state index in [1.165, 1.54) is 6.20 Å². The molecule has 22 heavy (non-hydrogen) atoms. The van der Waals surface area contributed by atoms with Crippen molar-refractivity contribution in [3.8, 4) is 0 Å². The number of nitrogens with one attached hydrogen (secondary N) is 3. The Labute approximate surface area is 126 Å². The summed E-state index contributed by atoms with van der Waals surface area (Å²) in [7, 11) is 0. The second kappa shape index (κ2) is 6.33. The second-order valence-electron chi connectivity index (χ2n) is 5.07. The third-order valence-electron chi connectivity index (χ3n) is 3.58. The molecule has 8 heteroatoms. The number of H-pyrrole nitrogens is 1. The van der Waals surface area contributed by atoms with Crippen molar-refractivity contribution in [2.24, 2.45) is 0 Å². The highest BCUT2D eigenvalue weighted by Gasteiger charge is 2.34. The topological polar surface area (TPSA) is 103 Å². The van der Waals surface area contributed by atoms with Crippen molar-refractivity contribution in [1.29, 1.82) is 0 Å². The van der Waals surface area contributed by atoms with E-state index in [1.54, 1.807) is 29.5 Å². The predicted octanol–water partition coefficient (Wildman–Crippen LogP) is 1.32. The molecule has 3 N–H and O–H groups in total. The van der Waals surface area contributed by atoms with E-state index >= 15 is 0 Å². The van der Waals surface area contributed by atoms with Gasteiger partial charge in [-0.3, -0.25) is 9.89 Å². The minimum atomic E-state index is -0.457. The van der Waals surface area contributed by atoms with Crippen LogP contribution in [0.1, 0.15) is 18.6 Å². The average molecular weight is 303 g/mol. The van der Waals surface area contributed by atoms with Gasteiger partial charge in [-0.05, 0) is 25.0 Å². The molecule has 1 fully saturated rings. The van der Waals surface area contributed by atoms with E-state index in [9.17, 15) is 9.59 Å². The number of anilines is 1. The lowest BCUT2D eigenvalue weighted by Gasteiger charge is -2.23. The first-order chi connectivity index (χ1) is 10.7. The van der Waals surface area contributed by atoms with E-state index in [4.69, 9.17) is 4.42 Å². The van der Waals surface area contributed by atoms with Crippen LogP contribution in [0.4, 0.5) is 10.5 Å². The van der Waals surface area contributed by atoms with Crippen LogP contribution in [-0.4, -0.2) is 39.6 Å². The van der Waals surface area contributed by atoms with Crippen LogP contribution in [0.25, 0.3) is 0 Å². The molecule has 116 valence electrons. The molecular formula is C14H17N5O3. The molecule has 8 nitrogen and oxygen atoms in total. The molecule has 0 bridgehead atoms. The van der Waals surface area contributed by atoms with E-state index in [1.807, 2.05) is 0 Å². The lowest BCUT2D eigenvalue weighted by molar-refractivity contribution is -0.124. The van der Waals surface area contributed by atoms with Crippen molar-refractivity contribution in [1.82, 2.24) is 20.4 Å². The fourth-order valence-corrected chi connectivity index (χ4v) is 2.50. The summed E-state index contributed by atoms with van der Waals surface area (Å²) in [6.07, 6.45) is 6.11. The summed E-state index contributed by atoms with van der Waals surface area (Å²) in [5.74, 6) is 0.511. The van der Waals surface area contributed by atoms with Gasteiger partial charge < -0.3 is 20.0 Å². The Morgan fingerprint density at radius 2 is 2.41 bits per heavy atom. The number of urea groups is 1. The number of likely N-dealkylation sites (tertiary alicyclic amines) is 1. The first kappa shape index (κ1) is 14.2. The smallest absolute Gasteiger partial charge is 0.322 e. The Bertz CT molecular complexity index is 623. The Hall–Kier alpha value is -2.77. The van der Waals surface area contributed by atoms with Gasteiger partial charge in [0.25, 0.3) is 0 Å². The molecule has 2 aromatic heterocycles. The van der Waals surface area contributed by atoms with Gasteiger partial charge in [0.05, 0.1) is 24.7 Å². The fraction of sp³-hybridized carbons (Fsp3) is 0.357. The SMILES string of the molecule is O=C(NCc1ccco1)[C@@H]1CCCN1C(=O)Nc1cn[nH]c1. The molecule has 1 atom stereocenters. The minimum absolute atomic E-state index is 0.170. The van der Waals surface area contributed by atoms with Gasteiger partial charge in [0.1, 0.15) is 11.8 Å². The minimum Gasteiger partial charge on any atom is -0.467 e. The molecule has 0 saturated carbocycles. The first-order valence-corrected chi connectivity index (χ1v) is 7.10. The number of rotatable bonds is 4. The van der Waals surface area contributed by atoms with Gasteiger partial charge >= 0.3 is 6.03 Å². The molecule has 3 amide bonds. The molecule has 0 spiro atoms. The molecule has 2 aromatic rings. The fourth-order valence-electron chi connectivity index (χ4n) is 2.50. The van der Waals surface area contributed by atoms with Crippen molar-refractivity contribution < 1.29 is 14.0 Å². The number of amides is 3. The summed E-state index contributed by atoms with van der Waals surface area (Å²) >= 11 is 0. The Balaban J connectivity index is 1.57. The summed E-state index contributed by atoms with van der Waals surface area (Å²) in [6.45, 7) is 0.877. The molecule has 1 aliphatic heterocycles. The highest BCUT2D eigenvalue weighted by molar-refractivity contribution is 5.94. The van der Waals surface area contributed by atoms with Gasteiger partial charge in [-0.1, -0.05) is 0 Å². The van der Waals surface area contributed by atoms with Crippen LogP contribution in [0, 0.1) is 0 Å². The van der Waals surface area contributed by atoms with Gasteiger partial charge in [0.15, 0.2) is 0 Å². The normalized spacial score (nSPS) is 17.5. The van der Waals surface area contributed by atoms with E-state index in [-0.39, 0.29) is 11.9 Å². The highest BCUT2D eigenvalue weighted by atomic mass is 16.3. The van der Waals surface area contributed by atoms with Crippen molar-refractivity contribution in [2.45, 2.75) is 25.4 Å². The zero-order chi connectivity index (χ0) is 15.4. The van der Waals surface area contributed by atoms with E-state index < -0.39 is 6.04 Å². The monoisotopic (exact) mass is 303 g/mol. The van der Waals surface area contributed by atoms with Gasteiger partial charge in [-0.15, -0.1) is 0 Å². The van der Waals surface area contributed by atoms with E-state index in [0.29, 0.717) is 31.0 Å². The van der Waals surface area contributed by atoms with Crippen molar-refractivity contribution in [3.63, 3.8) is 0 Å². The standard InChI is InChI=1S/C14H17N5O3/c20-13(15-9-11-3-2-6-22-11)12-4-1-5-19(12)14(21)18-10-7-16-17-8-10/h2-3,6-8,12H,1,4-5,9H2,(H,15,20)(H,16,17)(H,18,21)/t12-/m0/s1. The van der Waals surface area contributed by atoms with Crippen molar-refractivity contribution in [3.05, 3.63) is 36.5 Å². The molecule has 1 aliphatic rings. The van der Waals surface area contributed by atoms with Gasteiger partial charge in [0.2, 0.25) is 5.91 Å². The zero-order valence-corrected chi connectivity index (χ0v) is 11.9. The first-order valence-electron chi connectivity index (χ1n) is 7.10. The number of nitrogens with zero attached hydrogens (tertiary/aromatic N) is 2. The third kappa shape index (κ3) is 3.11. The maximum Gasteiger partial charge on any atom is 0.322 e. The van der Waals surface area contributed by atoms with Gasteiger partial charge in [-0.25, -0.2) is 4.79 Å². The van der Waals surface area contributed by atoms with Crippen LogP contribution in [0.2, 0.25) is 0 Å². The maximum atomic E-state index is 12.3. The van der Waals surface area contributed by atoms with Crippen LogP contribution in [-0.2, 0) is 11.3 Å². The van der Waals surface area contributed by atoms with Crippen molar-refractivity contribution >= 4 is 17.6 Å². The number of carbonyl (C=O) groups excluding carboxylic acids is 2. The molecule has 1 saturated heterocycles. The molecule has 0 radical (unpaired) electrons. The molecule has 3 rings (SSSR count). The second-order valence-corrected chi connectivity index (χ2v) is 5.07. The van der Waals surface area contributed by atoms with E-state index in [2.05, 4.69) is 20.8 Å². The predicted molar refractivity (Wildman–Crippen MR) is 77.9 cm³/mol. The Morgan fingerprint density at radius 3 is 3.14 bits per heavy atom. The summed E-state index contributed by atoms with van der Waals surface area (Å²) in [5, 5.41) is 11.9. The number of hydrogen-bond acceptors (Lipinski definition) is 4. The summed E-state index contributed by atoms with van der Waals surface area (Å²) < 4.78 is 5.17. The van der Waals surface area contributed by atoms with Crippen LogP contribution < -0.4 is 10.6 Å². The third-order valence-corrected chi connectivity index (χ3v) is 3.58. The largest absolute Gasteiger partial charge is 0.467 e. The molecule has 3 heterocycles. The summed E-state index contributed by atoms with van der Waals surface area (Å²) in [4.78, 5) is 26.0. The zero-order valence-electron chi connectivity index (χ0n) is 11.9. The molecule has 0 aliphatic carbocycles. The maximum absolute atomic E-state index is 12.3. The van der Waals surface area contributed by atoms with Gasteiger partial charge in [0, 0.05) is 12.7 Å². The van der Waals surface area contributed by atoms with Gasteiger partial charge in [-0.2, -0.15) is 5.10 Å². The number of aromatic amines is 1. The Morgan fingerprint density at radius 1 is 1.50 bits per heavy atom. The van der Waals surface area contributed by atoms with Crippen molar-refractivity contribution in [2.75, 3.05) is 11.9 Å². The number of carbonyl (C=O) groups is 2. The summed E-state index contributed by atoms with van der Waals surface area (Å²) in [5.41, 5.74) is 0.576. The van der Waals surface area contributed by atoms with E-state index in [0.717, 1.165) is 6.42 Å². The highest BCUT2D eigenvalue weighted by Crippen LogP contribution is 2.19. The molecule has 0 aromatic carbocycles.